The third-order valence-electron chi connectivity index (χ3n) is 5.61. The predicted molar refractivity (Wildman–Crippen MR) is 104 cm³/mol. The molecule has 4 rings (SSSR count). The van der Waals surface area contributed by atoms with E-state index in [-0.39, 0.29) is 23.9 Å². The number of halogens is 3. The lowest BCUT2D eigenvalue weighted by atomic mass is 9.85. The second-order valence-electron chi connectivity index (χ2n) is 7.54. The fourth-order valence-electron chi connectivity index (χ4n) is 4.11. The van der Waals surface area contributed by atoms with Gasteiger partial charge in [-0.1, -0.05) is 6.07 Å². The summed E-state index contributed by atoms with van der Waals surface area (Å²) in [7, 11) is 0. The number of fused-ring (bicyclic) bond motifs is 2. The van der Waals surface area contributed by atoms with Gasteiger partial charge in [0.15, 0.2) is 5.69 Å². The van der Waals surface area contributed by atoms with Gasteiger partial charge in [-0.3, -0.25) is 14.8 Å². The number of nitrogens with zero attached hydrogens (tertiary/aromatic N) is 2. The lowest BCUT2D eigenvalue weighted by Gasteiger charge is -2.23. The summed E-state index contributed by atoms with van der Waals surface area (Å²) in [6.45, 7) is 2.91. The van der Waals surface area contributed by atoms with Crippen molar-refractivity contribution in [2.45, 2.75) is 38.8 Å². The molecule has 2 heterocycles. The van der Waals surface area contributed by atoms with Crippen molar-refractivity contribution in [2.75, 3.05) is 23.3 Å². The molecule has 3 N–H and O–H groups in total. The monoisotopic (exact) mass is 421 g/mol. The van der Waals surface area contributed by atoms with Gasteiger partial charge < -0.3 is 10.6 Å². The van der Waals surface area contributed by atoms with Crippen LogP contribution >= 0.6 is 0 Å². The molecule has 0 fully saturated rings. The molecule has 30 heavy (non-hydrogen) atoms. The van der Waals surface area contributed by atoms with Gasteiger partial charge in [0.25, 0.3) is 0 Å². The summed E-state index contributed by atoms with van der Waals surface area (Å²) in [5, 5.41) is 11.4. The van der Waals surface area contributed by atoms with Crippen molar-refractivity contribution >= 4 is 23.3 Å². The van der Waals surface area contributed by atoms with Crippen LogP contribution in [0.15, 0.2) is 18.2 Å². The van der Waals surface area contributed by atoms with E-state index in [1.54, 1.807) is 17.0 Å². The number of amides is 3. The Kier molecular flexibility index (Phi) is 5.17. The van der Waals surface area contributed by atoms with E-state index in [0.29, 0.717) is 37.3 Å². The number of hydrogen-bond donors (Lipinski definition) is 3. The van der Waals surface area contributed by atoms with Gasteiger partial charge in [-0.25, -0.2) is 4.79 Å². The Morgan fingerprint density at radius 1 is 1.30 bits per heavy atom. The molecular weight excluding hydrogens is 399 g/mol. The summed E-state index contributed by atoms with van der Waals surface area (Å²) in [5.41, 5.74) is 1.84. The predicted octanol–water partition coefficient (Wildman–Crippen LogP) is 3.26. The quantitative estimate of drug-likeness (QED) is 0.711. The smallest absolute Gasteiger partial charge is 0.338 e. The van der Waals surface area contributed by atoms with Gasteiger partial charge in [-0.05, 0) is 50.3 Å². The second kappa shape index (κ2) is 7.66. The number of alkyl halides is 3. The van der Waals surface area contributed by atoms with Crippen LogP contribution < -0.4 is 15.5 Å². The number of carbonyl (C=O) groups excluding carboxylic acids is 2. The van der Waals surface area contributed by atoms with Crippen LogP contribution in [0.5, 0.6) is 0 Å². The van der Waals surface area contributed by atoms with Crippen LogP contribution in [-0.4, -0.2) is 35.2 Å². The van der Waals surface area contributed by atoms with E-state index in [2.05, 4.69) is 20.8 Å². The van der Waals surface area contributed by atoms with Gasteiger partial charge in [0, 0.05) is 36.0 Å². The minimum absolute atomic E-state index is 0.0114. The average molecular weight is 421 g/mol. The highest BCUT2D eigenvalue weighted by Crippen LogP contribution is 2.37. The number of aromatic amines is 1. The van der Waals surface area contributed by atoms with Crippen LogP contribution in [0, 0.1) is 5.92 Å². The van der Waals surface area contributed by atoms with Gasteiger partial charge in [0.2, 0.25) is 5.91 Å². The van der Waals surface area contributed by atoms with Crippen molar-refractivity contribution in [3.63, 3.8) is 0 Å². The summed E-state index contributed by atoms with van der Waals surface area (Å²) >= 11 is 0. The number of aromatic nitrogens is 2. The van der Waals surface area contributed by atoms with Crippen LogP contribution in [0.3, 0.4) is 0 Å². The highest BCUT2D eigenvalue weighted by molar-refractivity contribution is 5.97. The Morgan fingerprint density at radius 2 is 2.10 bits per heavy atom. The number of hydrogen-bond acceptors (Lipinski definition) is 3. The third-order valence-corrected chi connectivity index (χ3v) is 5.61. The first kappa shape index (κ1) is 20.2. The molecular formula is C20H22F3N5O2. The highest BCUT2D eigenvalue weighted by atomic mass is 19.4. The molecule has 1 aliphatic carbocycles. The Morgan fingerprint density at radius 3 is 2.83 bits per heavy atom. The standard InChI is InChI=1S/C20H22F3N5O2/c1-2-24-19(30)28-8-7-11-3-5-13(10-16(11)28)25-18(29)12-4-6-15-14(9-12)17(27-26-15)20(21,22)23/h3,5,10,12H,2,4,6-9H2,1H3,(H,24,30)(H,25,29)(H,26,27)/t12-/m1/s1. The molecule has 0 unspecified atom stereocenters. The fourth-order valence-corrected chi connectivity index (χ4v) is 4.11. The summed E-state index contributed by atoms with van der Waals surface area (Å²) in [6.07, 6.45) is -3.06. The summed E-state index contributed by atoms with van der Waals surface area (Å²) in [5.74, 6) is -0.915. The van der Waals surface area contributed by atoms with E-state index < -0.39 is 17.8 Å². The van der Waals surface area contributed by atoms with Crippen LogP contribution in [0.4, 0.5) is 29.3 Å². The molecule has 0 saturated carbocycles. The average Bonchev–Trinajstić information content (AvgIpc) is 3.31. The Hall–Kier alpha value is -3.04. The lowest BCUT2D eigenvalue weighted by Crippen LogP contribution is -2.38. The molecule has 160 valence electrons. The van der Waals surface area contributed by atoms with Crippen LogP contribution in [0.25, 0.3) is 0 Å². The third kappa shape index (κ3) is 3.73. The van der Waals surface area contributed by atoms with E-state index >= 15 is 0 Å². The van der Waals surface area contributed by atoms with E-state index in [1.165, 1.54) is 0 Å². The van der Waals surface area contributed by atoms with Crippen molar-refractivity contribution in [2.24, 2.45) is 5.92 Å². The van der Waals surface area contributed by atoms with E-state index in [9.17, 15) is 22.8 Å². The maximum atomic E-state index is 13.1. The number of urea groups is 1. The number of aryl methyl sites for hydroxylation is 1. The van der Waals surface area contributed by atoms with Crippen molar-refractivity contribution in [1.29, 1.82) is 0 Å². The Bertz CT molecular complexity index is 985. The molecule has 1 aromatic carbocycles. The van der Waals surface area contributed by atoms with Crippen molar-refractivity contribution in [3.8, 4) is 0 Å². The molecule has 0 saturated heterocycles. The fraction of sp³-hybridized carbons (Fsp3) is 0.450. The zero-order valence-electron chi connectivity index (χ0n) is 16.4. The summed E-state index contributed by atoms with van der Waals surface area (Å²) < 4.78 is 39.4. The van der Waals surface area contributed by atoms with Gasteiger partial charge in [-0.15, -0.1) is 0 Å². The number of H-pyrrole nitrogens is 1. The van der Waals surface area contributed by atoms with Gasteiger partial charge in [-0.2, -0.15) is 18.3 Å². The molecule has 2 aliphatic rings. The zero-order valence-corrected chi connectivity index (χ0v) is 16.4. The lowest BCUT2D eigenvalue weighted by molar-refractivity contribution is -0.142. The number of nitrogens with one attached hydrogen (secondary N) is 3. The molecule has 0 radical (unpaired) electrons. The maximum absolute atomic E-state index is 13.1. The van der Waals surface area contributed by atoms with E-state index in [4.69, 9.17) is 0 Å². The molecule has 1 atom stereocenters. The minimum atomic E-state index is -4.55. The summed E-state index contributed by atoms with van der Waals surface area (Å²) in [4.78, 5) is 26.6. The molecule has 10 heteroatoms. The Balaban J connectivity index is 1.49. The van der Waals surface area contributed by atoms with Crippen LogP contribution in [0.2, 0.25) is 0 Å². The first-order chi connectivity index (χ1) is 14.3. The van der Waals surface area contributed by atoms with Gasteiger partial charge in [0.05, 0.1) is 5.69 Å². The molecule has 3 amide bonds. The maximum Gasteiger partial charge on any atom is 0.435 e. The first-order valence-corrected chi connectivity index (χ1v) is 9.90. The normalized spacial score (nSPS) is 18.0. The Labute approximate surface area is 171 Å². The number of anilines is 2. The van der Waals surface area contributed by atoms with Crippen molar-refractivity contribution in [3.05, 3.63) is 40.7 Å². The second-order valence-corrected chi connectivity index (χ2v) is 7.54. The molecule has 1 aliphatic heterocycles. The molecule has 2 aromatic rings. The SMILES string of the molecule is CCNC(=O)N1CCc2ccc(NC(=O)[C@@H]3CCc4[nH]nc(C(F)(F)F)c4C3)cc21. The first-order valence-electron chi connectivity index (χ1n) is 9.90. The molecule has 0 spiro atoms. The molecule has 7 nitrogen and oxygen atoms in total. The number of carbonyl (C=O) groups is 2. The summed E-state index contributed by atoms with van der Waals surface area (Å²) in [6, 6.07) is 5.16. The van der Waals surface area contributed by atoms with Crippen LogP contribution in [0.1, 0.15) is 35.9 Å². The number of rotatable bonds is 3. The largest absolute Gasteiger partial charge is 0.435 e. The van der Waals surface area contributed by atoms with Crippen LogP contribution in [-0.2, 0) is 30.2 Å². The highest BCUT2D eigenvalue weighted by Gasteiger charge is 2.40. The topological polar surface area (TPSA) is 90.1 Å². The minimum Gasteiger partial charge on any atom is -0.338 e. The molecule has 0 bridgehead atoms. The van der Waals surface area contributed by atoms with Crippen molar-refractivity contribution in [1.82, 2.24) is 15.5 Å². The zero-order chi connectivity index (χ0) is 21.5. The van der Waals surface area contributed by atoms with Gasteiger partial charge in [0.1, 0.15) is 0 Å². The number of benzene rings is 1. The van der Waals surface area contributed by atoms with Crippen molar-refractivity contribution < 1.29 is 22.8 Å². The van der Waals surface area contributed by atoms with E-state index in [0.717, 1.165) is 17.7 Å². The van der Waals surface area contributed by atoms with E-state index in [1.807, 2.05) is 13.0 Å². The molecule has 1 aromatic heterocycles. The van der Waals surface area contributed by atoms with Gasteiger partial charge >= 0.3 is 12.2 Å².